The van der Waals surface area contributed by atoms with Crippen LogP contribution in [0.15, 0.2) is 18.5 Å². The number of hydrogen-bond acceptors (Lipinski definition) is 3. The molecule has 1 N–H and O–H groups in total. The van der Waals surface area contributed by atoms with E-state index in [4.69, 9.17) is 4.74 Å². The average molecular weight is 252 g/mol. The van der Waals surface area contributed by atoms with E-state index >= 15 is 0 Å². The lowest BCUT2D eigenvalue weighted by molar-refractivity contribution is 0.121. The summed E-state index contributed by atoms with van der Waals surface area (Å²) in [6.45, 7) is 4.62. The Morgan fingerprint density at radius 1 is 1.50 bits per heavy atom. The second-order valence-corrected chi connectivity index (χ2v) is 4.98. The van der Waals surface area contributed by atoms with Gasteiger partial charge in [-0.3, -0.25) is 4.98 Å². The predicted octanol–water partition coefficient (Wildman–Crippen LogP) is 2.69. The molecular formula is C14H21FN2O. The molecule has 1 aromatic heterocycles. The van der Waals surface area contributed by atoms with Gasteiger partial charge in [0.1, 0.15) is 5.82 Å². The van der Waals surface area contributed by atoms with E-state index in [9.17, 15) is 4.39 Å². The van der Waals surface area contributed by atoms with Gasteiger partial charge >= 0.3 is 0 Å². The lowest BCUT2D eigenvalue weighted by Crippen LogP contribution is -2.21. The van der Waals surface area contributed by atoms with E-state index in [-0.39, 0.29) is 11.9 Å². The molecule has 1 aliphatic carbocycles. The van der Waals surface area contributed by atoms with Crippen LogP contribution < -0.4 is 5.32 Å². The van der Waals surface area contributed by atoms with Gasteiger partial charge in [0.05, 0.1) is 6.20 Å². The molecule has 1 aliphatic rings. The monoisotopic (exact) mass is 252 g/mol. The molecule has 0 radical (unpaired) electrons. The predicted molar refractivity (Wildman–Crippen MR) is 68.8 cm³/mol. The molecule has 1 saturated carbocycles. The van der Waals surface area contributed by atoms with Crippen LogP contribution in [-0.2, 0) is 4.74 Å². The van der Waals surface area contributed by atoms with Crippen LogP contribution >= 0.6 is 0 Å². The number of nitrogens with zero attached hydrogens (tertiary/aromatic N) is 1. The maximum Gasteiger partial charge on any atom is 0.141 e. The molecule has 0 aromatic carbocycles. The number of halogens is 1. The summed E-state index contributed by atoms with van der Waals surface area (Å²) >= 11 is 0. The summed E-state index contributed by atoms with van der Waals surface area (Å²) in [7, 11) is 0. The Kier molecular flexibility index (Phi) is 5.08. The summed E-state index contributed by atoms with van der Waals surface area (Å²) < 4.78 is 18.5. The van der Waals surface area contributed by atoms with E-state index < -0.39 is 0 Å². The normalized spacial score (nSPS) is 16.8. The van der Waals surface area contributed by atoms with Crippen molar-refractivity contribution in [3.05, 3.63) is 29.8 Å². The van der Waals surface area contributed by atoms with Crippen LogP contribution in [0.2, 0.25) is 0 Å². The van der Waals surface area contributed by atoms with Crippen molar-refractivity contribution in [2.45, 2.75) is 32.2 Å². The quantitative estimate of drug-likeness (QED) is 0.722. The number of nitrogens with one attached hydrogen (secondary N) is 1. The van der Waals surface area contributed by atoms with Crippen LogP contribution in [0.3, 0.4) is 0 Å². The van der Waals surface area contributed by atoms with E-state index in [0.717, 1.165) is 37.7 Å². The summed E-state index contributed by atoms with van der Waals surface area (Å²) in [6, 6.07) is 1.64. The standard InChI is InChI=1S/C14H21FN2O/c1-11(13-7-14(15)9-16-8-13)17-5-2-6-18-10-12-3-4-12/h7-9,11-12,17H,2-6,10H2,1H3. The minimum absolute atomic E-state index is 0.122. The van der Waals surface area contributed by atoms with Crippen LogP contribution in [0.25, 0.3) is 0 Å². The Balaban J connectivity index is 1.57. The van der Waals surface area contributed by atoms with Crippen molar-refractivity contribution in [1.29, 1.82) is 0 Å². The van der Waals surface area contributed by atoms with E-state index in [2.05, 4.69) is 10.3 Å². The molecule has 0 amide bonds. The molecule has 18 heavy (non-hydrogen) atoms. The average Bonchev–Trinajstić information content (AvgIpc) is 3.17. The Hall–Kier alpha value is -1.00. The molecule has 0 spiro atoms. The molecule has 2 rings (SSSR count). The lowest BCUT2D eigenvalue weighted by Gasteiger charge is -2.13. The lowest BCUT2D eigenvalue weighted by atomic mass is 10.1. The van der Waals surface area contributed by atoms with E-state index in [1.165, 1.54) is 25.1 Å². The van der Waals surface area contributed by atoms with Crippen LogP contribution in [0.5, 0.6) is 0 Å². The first-order valence-electron chi connectivity index (χ1n) is 6.67. The van der Waals surface area contributed by atoms with Gasteiger partial charge in [-0.2, -0.15) is 0 Å². The zero-order valence-electron chi connectivity index (χ0n) is 10.9. The van der Waals surface area contributed by atoms with E-state index in [1.807, 2.05) is 6.92 Å². The maximum absolute atomic E-state index is 13.0. The Morgan fingerprint density at radius 3 is 3.06 bits per heavy atom. The maximum atomic E-state index is 13.0. The highest BCUT2D eigenvalue weighted by Crippen LogP contribution is 2.28. The van der Waals surface area contributed by atoms with Crippen molar-refractivity contribution in [3.8, 4) is 0 Å². The van der Waals surface area contributed by atoms with Gasteiger partial charge in [-0.25, -0.2) is 4.39 Å². The number of aromatic nitrogens is 1. The van der Waals surface area contributed by atoms with Crippen LogP contribution in [0, 0.1) is 11.7 Å². The van der Waals surface area contributed by atoms with Gasteiger partial charge in [-0.1, -0.05) is 0 Å². The van der Waals surface area contributed by atoms with Crippen LogP contribution in [0.1, 0.15) is 37.8 Å². The van der Waals surface area contributed by atoms with Crippen molar-refractivity contribution in [2.24, 2.45) is 5.92 Å². The summed E-state index contributed by atoms with van der Waals surface area (Å²) in [5.74, 6) is 0.546. The molecule has 1 unspecified atom stereocenters. The number of hydrogen-bond donors (Lipinski definition) is 1. The Labute approximate surface area is 108 Å². The van der Waals surface area contributed by atoms with Gasteiger partial charge in [-0.05, 0) is 50.3 Å². The molecule has 1 aromatic rings. The molecule has 0 aliphatic heterocycles. The Morgan fingerprint density at radius 2 is 2.33 bits per heavy atom. The fraction of sp³-hybridized carbons (Fsp3) is 0.643. The van der Waals surface area contributed by atoms with Crippen molar-refractivity contribution in [2.75, 3.05) is 19.8 Å². The zero-order valence-corrected chi connectivity index (χ0v) is 10.9. The smallest absolute Gasteiger partial charge is 0.141 e. The highest BCUT2D eigenvalue weighted by molar-refractivity contribution is 5.14. The van der Waals surface area contributed by atoms with Crippen LogP contribution in [0.4, 0.5) is 4.39 Å². The third-order valence-corrected chi connectivity index (χ3v) is 3.19. The van der Waals surface area contributed by atoms with Crippen molar-refractivity contribution < 1.29 is 9.13 Å². The molecule has 4 heteroatoms. The fourth-order valence-electron chi connectivity index (χ4n) is 1.81. The number of rotatable bonds is 8. The molecule has 0 bridgehead atoms. The molecule has 1 atom stereocenters. The highest BCUT2D eigenvalue weighted by atomic mass is 19.1. The van der Waals surface area contributed by atoms with Crippen molar-refractivity contribution >= 4 is 0 Å². The topological polar surface area (TPSA) is 34.1 Å². The third kappa shape index (κ3) is 4.70. The summed E-state index contributed by atoms with van der Waals surface area (Å²) in [6.07, 6.45) is 6.58. The fourth-order valence-corrected chi connectivity index (χ4v) is 1.81. The molecule has 100 valence electrons. The summed E-state index contributed by atoms with van der Waals surface area (Å²) in [5, 5.41) is 3.34. The van der Waals surface area contributed by atoms with Crippen molar-refractivity contribution in [3.63, 3.8) is 0 Å². The zero-order chi connectivity index (χ0) is 12.8. The van der Waals surface area contributed by atoms with Crippen molar-refractivity contribution in [1.82, 2.24) is 10.3 Å². The minimum atomic E-state index is -0.283. The van der Waals surface area contributed by atoms with Gasteiger partial charge < -0.3 is 10.1 Å². The highest BCUT2D eigenvalue weighted by Gasteiger charge is 2.20. The third-order valence-electron chi connectivity index (χ3n) is 3.19. The number of ether oxygens (including phenoxy) is 1. The first-order valence-corrected chi connectivity index (χ1v) is 6.67. The van der Waals surface area contributed by atoms with E-state index in [1.54, 1.807) is 6.20 Å². The SMILES string of the molecule is CC(NCCCOCC1CC1)c1cncc(F)c1. The Bertz CT molecular complexity index is 369. The van der Waals surface area contributed by atoms with Gasteiger partial charge in [0.15, 0.2) is 0 Å². The van der Waals surface area contributed by atoms with Gasteiger partial charge in [-0.15, -0.1) is 0 Å². The summed E-state index contributed by atoms with van der Waals surface area (Å²) in [5.41, 5.74) is 0.883. The second-order valence-electron chi connectivity index (χ2n) is 4.98. The molecule has 0 saturated heterocycles. The van der Waals surface area contributed by atoms with Crippen LogP contribution in [-0.4, -0.2) is 24.7 Å². The van der Waals surface area contributed by atoms with Gasteiger partial charge in [0.2, 0.25) is 0 Å². The summed E-state index contributed by atoms with van der Waals surface area (Å²) in [4.78, 5) is 3.85. The minimum Gasteiger partial charge on any atom is -0.381 e. The second kappa shape index (κ2) is 6.81. The first kappa shape index (κ1) is 13.4. The largest absolute Gasteiger partial charge is 0.381 e. The first-order chi connectivity index (χ1) is 8.75. The molecular weight excluding hydrogens is 231 g/mol. The molecule has 1 heterocycles. The molecule has 1 fully saturated rings. The van der Waals surface area contributed by atoms with Gasteiger partial charge in [0, 0.05) is 25.5 Å². The number of pyridine rings is 1. The van der Waals surface area contributed by atoms with Gasteiger partial charge in [0.25, 0.3) is 0 Å². The molecule has 3 nitrogen and oxygen atoms in total. The van der Waals surface area contributed by atoms with E-state index in [0.29, 0.717) is 0 Å².